The summed E-state index contributed by atoms with van der Waals surface area (Å²) in [7, 11) is 1.49. The first-order valence-electron chi connectivity index (χ1n) is 10.1. The van der Waals surface area contributed by atoms with E-state index >= 15 is 0 Å². The van der Waals surface area contributed by atoms with Crippen molar-refractivity contribution in [1.82, 2.24) is 14.7 Å². The van der Waals surface area contributed by atoms with Gasteiger partial charge in [0.1, 0.15) is 6.04 Å². The number of ether oxygens (including phenoxy) is 1. The Hall–Kier alpha value is -1.34. The van der Waals surface area contributed by atoms with Gasteiger partial charge in [-0.3, -0.25) is 9.69 Å². The normalized spacial score (nSPS) is 36.4. The molecule has 0 unspecified atom stereocenters. The van der Waals surface area contributed by atoms with Gasteiger partial charge in [-0.25, -0.2) is 4.79 Å². The van der Waals surface area contributed by atoms with Crippen LogP contribution in [0.15, 0.2) is 0 Å². The predicted molar refractivity (Wildman–Crippen MR) is 96.0 cm³/mol. The highest BCUT2D eigenvalue weighted by Crippen LogP contribution is 2.50. The molecule has 3 saturated heterocycles. The van der Waals surface area contributed by atoms with E-state index in [2.05, 4.69) is 9.80 Å². The fourth-order valence-electron chi connectivity index (χ4n) is 5.83. The maximum Gasteiger partial charge on any atom is 0.407 e. The molecule has 3 heterocycles. The number of amides is 1. The van der Waals surface area contributed by atoms with Crippen molar-refractivity contribution in [2.45, 2.75) is 63.1 Å². The van der Waals surface area contributed by atoms with Crippen molar-refractivity contribution in [2.75, 3.05) is 39.8 Å². The van der Waals surface area contributed by atoms with Gasteiger partial charge in [0, 0.05) is 25.2 Å². The molecule has 7 heteroatoms. The molecule has 0 radical (unpaired) electrons. The topological polar surface area (TPSA) is 73.3 Å². The molecule has 7 nitrogen and oxygen atoms in total. The third kappa shape index (κ3) is 3.20. The highest BCUT2D eigenvalue weighted by molar-refractivity contribution is 5.76. The molecule has 0 aromatic carbocycles. The van der Waals surface area contributed by atoms with Gasteiger partial charge in [-0.1, -0.05) is 0 Å². The lowest BCUT2D eigenvalue weighted by Crippen LogP contribution is -2.56. The van der Waals surface area contributed by atoms with Gasteiger partial charge in [-0.2, -0.15) is 0 Å². The van der Waals surface area contributed by atoms with E-state index in [0.29, 0.717) is 18.6 Å². The molecule has 0 aromatic rings. The number of hydrogen-bond donors (Lipinski definition) is 1. The number of likely N-dealkylation sites (tertiary alicyclic amines) is 3. The minimum atomic E-state index is -0.767. The highest BCUT2D eigenvalue weighted by atomic mass is 16.5. The van der Waals surface area contributed by atoms with Gasteiger partial charge in [-0.05, 0) is 70.0 Å². The van der Waals surface area contributed by atoms with E-state index in [9.17, 15) is 9.59 Å². The summed E-state index contributed by atoms with van der Waals surface area (Å²) >= 11 is 0. The zero-order chi connectivity index (χ0) is 18.3. The first-order chi connectivity index (χ1) is 12.5. The van der Waals surface area contributed by atoms with E-state index in [0.717, 1.165) is 71.1 Å². The Morgan fingerprint density at radius 3 is 2.38 bits per heavy atom. The van der Waals surface area contributed by atoms with E-state index in [-0.39, 0.29) is 17.4 Å². The molecule has 1 atom stereocenters. The Balaban J connectivity index is 1.25. The molecular formula is C19H31N3O4. The zero-order valence-corrected chi connectivity index (χ0v) is 15.7. The van der Waals surface area contributed by atoms with Gasteiger partial charge in [0.25, 0.3) is 0 Å². The van der Waals surface area contributed by atoms with Crippen molar-refractivity contribution in [2.24, 2.45) is 5.41 Å². The quantitative estimate of drug-likeness (QED) is 0.766. The molecule has 3 aliphatic heterocycles. The molecule has 0 bridgehead atoms. The molecule has 4 aliphatic rings. The fraction of sp³-hybridized carbons (Fsp3) is 0.895. The van der Waals surface area contributed by atoms with Gasteiger partial charge in [0.2, 0.25) is 0 Å². The van der Waals surface area contributed by atoms with Gasteiger partial charge in [0.15, 0.2) is 0 Å². The van der Waals surface area contributed by atoms with Crippen molar-refractivity contribution in [3.8, 4) is 0 Å². The first kappa shape index (κ1) is 18.0. The van der Waals surface area contributed by atoms with Crippen LogP contribution in [0.5, 0.6) is 0 Å². The summed E-state index contributed by atoms with van der Waals surface area (Å²) in [5, 5.41) is 9.17. The maximum atomic E-state index is 12.0. The van der Waals surface area contributed by atoms with Crippen LogP contribution >= 0.6 is 0 Å². The molecule has 1 saturated carbocycles. The largest absolute Gasteiger partial charge is 0.468 e. The highest BCUT2D eigenvalue weighted by Gasteiger charge is 2.51. The first-order valence-corrected chi connectivity index (χ1v) is 10.1. The fourth-order valence-corrected chi connectivity index (χ4v) is 5.83. The maximum absolute atomic E-state index is 12.0. The average molecular weight is 365 g/mol. The summed E-state index contributed by atoms with van der Waals surface area (Å²) in [6, 6.07) is 1.09. The average Bonchev–Trinajstić information content (AvgIpc) is 3.27. The van der Waals surface area contributed by atoms with Crippen LogP contribution < -0.4 is 0 Å². The van der Waals surface area contributed by atoms with Crippen LogP contribution in [0.2, 0.25) is 0 Å². The molecule has 26 heavy (non-hydrogen) atoms. The van der Waals surface area contributed by atoms with Crippen LogP contribution in [0.4, 0.5) is 4.79 Å². The van der Waals surface area contributed by atoms with E-state index in [1.165, 1.54) is 7.11 Å². The zero-order valence-electron chi connectivity index (χ0n) is 15.7. The summed E-state index contributed by atoms with van der Waals surface area (Å²) < 4.78 is 4.98. The van der Waals surface area contributed by atoms with E-state index in [1.54, 1.807) is 4.90 Å². The molecule has 1 aliphatic carbocycles. The number of nitrogens with zero attached hydrogens (tertiary/aromatic N) is 3. The van der Waals surface area contributed by atoms with Gasteiger partial charge in [0.05, 0.1) is 7.11 Å². The van der Waals surface area contributed by atoms with Gasteiger partial charge < -0.3 is 19.6 Å². The van der Waals surface area contributed by atoms with Crippen molar-refractivity contribution in [3.63, 3.8) is 0 Å². The SMILES string of the molecule is COC(=O)[C@H]1CCCN1C1CCN(C2CC3(CCN(C(=O)O)C3)C2)CC1. The van der Waals surface area contributed by atoms with Crippen molar-refractivity contribution in [1.29, 1.82) is 0 Å². The van der Waals surface area contributed by atoms with Crippen LogP contribution in [0.1, 0.15) is 44.9 Å². The number of carbonyl (C=O) groups is 2. The molecule has 1 N–H and O–H groups in total. The van der Waals surface area contributed by atoms with E-state index in [1.807, 2.05) is 0 Å². The van der Waals surface area contributed by atoms with Crippen LogP contribution in [0.3, 0.4) is 0 Å². The van der Waals surface area contributed by atoms with Crippen LogP contribution in [0.25, 0.3) is 0 Å². The number of carbonyl (C=O) groups excluding carboxylic acids is 1. The second-order valence-corrected chi connectivity index (χ2v) is 8.70. The van der Waals surface area contributed by atoms with Crippen LogP contribution in [-0.2, 0) is 9.53 Å². The minimum Gasteiger partial charge on any atom is -0.468 e. The Morgan fingerprint density at radius 1 is 1.04 bits per heavy atom. The molecule has 4 rings (SSSR count). The number of esters is 1. The monoisotopic (exact) mass is 365 g/mol. The molecule has 0 aromatic heterocycles. The van der Waals surface area contributed by atoms with Crippen molar-refractivity contribution in [3.05, 3.63) is 0 Å². The van der Waals surface area contributed by atoms with Gasteiger partial charge in [-0.15, -0.1) is 0 Å². The van der Waals surface area contributed by atoms with E-state index in [4.69, 9.17) is 9.84 Å². The summed E-state index contributed by atoms with van der Waals surface area (Å²) in [4.78, 5) is 29.7. The smallest absolute Gasteiger partial charge is 0.407 e. The van der Waals surface area contributed by atoms with Gasteiger partial charge >= 0.3 is 12.1 Å². The molecule has 146 valence electrons. The minimum absolute atomic E-state index is 0.0380. The van der Waals surface area contributed by atoms with Crippen LogP contribution in [-0.4, -0.2) is 89.8 Å². The Labute approximate surface area is 155 Å². The number of methoxy groups -OCH3 is 1. The summed E-state index contributed by atoms with van der Waals surface area (Å²) in [6.07, 6.45) is 6.82. The Morgan fingerprint density at radius 2 is 1.77 bits per heavy atom. The van der Waals surface area contributed by atoms with Crippen LogP contribution in [0, 0.1) is 5.41 Å². The number of hydrogen-bond acceptors (Lipinski definition) is 5. The molecule has 4 fully saturated rings. The lowest BCUT2D eigenvalue weighted by atomic mass is 9.64. The summed E-state index contributed by atoms with van der Waals surface area (Å²) in [5.74, 6) is -0.0740. The van der Waals surface area contributed by atoms with Crippen molar-refractivity contribution >= 4 is 12.1 Å². The lowest BCUT2D eigenvalue weighted by Gasteiger charge is -2.52. The third-order valence-electron chi connectivity index (χ3n) is 7.30. The second-order valence-electron chi connectivity index (χ2n) is 8.70. The standard InChI is InChI=1S/C19H31N3O4/c1-26-17(23)16-3-2-7-22(16)14-4-8-20(9-5-14)15-11-19(12-15)6-10-21(13-19)18(24)25/h14-16H,2-13H2,1H3,(H,24,25)/t15?,16-,19?/m1/s1. The third-order valence-corrected chi connectivity index (χ3v) is 7.30. The Bertz CT molecular complexity index is 555. The lowest BCUT2D eigenvalue weighted by molar-refractivity contribution is -0.147. The number of piperidine rings is 1. The number of rotatable bonds is 3. The second kappa shape index (κ2) is 7.00. The number of carboxylic acid groups (broad SMARTS) is 1. The van der Waals surface area contributed by atoms with E-state index < -0.39 is 6.09 Å². The Kier molecular flexibility index (Phi) is 4.86. The molecule has 1 amide bonds. The summed E-state index contributed by atoms with van der Waals surface area (Å²) in [6.45, 7) is 4.64. The summed E-state index contributed by atoms with van der Waals surface area (Å²) in [5.41, 5.74) is 0.255. The molecule has 1 spiro atoms. The van der Waals surface area contributed by atoms with Crippen molar-refractivity contribution < 1.29 is 19.4 Å². The molecular weight excluding hydrogens is 334 g/mol. The predicted octanol–water partition coefficient (Wildman–Crippen LogP) is 1.62.